The molecule has 0 aliphatic rings. The van der Waals surface area contributed by atoms with Gasteiger partial charge in [0.15, 0.2) is 0 Å². The Kier molecular flexibility index (Phi) is 11.9. The molecule has 1 heterocycles. The number of nitrogens with one attached hydrogen (secondary N) is 4. The number of carbonyl (C=O) groups is 4. The largest absolute Gasteiger partial charge is 0.368 e. The maximum absolute atomic E-state index is 13.3. The summed E-state index contributed by atoms with van der Waals surface area (Å²) in [5.74, 6) is -2.03. The van der Waals surface area contributed by atoms with Crippen molar-refractivity contribution in [2.75, 3.05) is 13.1 Å². The Morgan fingerprint density at radius 1 is 0.833 bits per heavy atom. The van der Waals surface area contributed by atoms with Crippen LogP contribution in [0.1, 0.15) is 51.0 Å². The lowest BCUT2D eigenvalue weighted by atomic mass is 10.0. The van der Waals surface area contributed by atoms with Gasteiger partial charge in [-0.05, 0) is 63.2 Å². The summed E-state index contributed by atoms with van der Waals surface area (Å²) in [4.78, 5) is 53.3. The predicted molar refractivity (Wildman–Crippen MR) is 138 cm³/mol. The molecule has 0 bridgehead atoms. The van der Waals surface area contributed by atoms with Gasteiger partial charge in [0.25, 0.3) is 0 Å². The molecule has 0 fully saturated rings. The minimum absolute atomic E-state index is 0.172. The van der Waals surface area contributed by atoms with Crippen molar-refractivity contribution in [3.05, 3.63) is 36.0 Å². The number of unbranched alkanes of at least 4 members (excludes halogenated alkanes) is 2. The number of aromatic nitrogens is 1. The van der Waals surface area contributed by atoms with Gasteiger partial charge in [-0.1, -0.05) is 18.2 Å². The zero-order valence-electron chi connectivity index (χ0n) is 20.8. The van der Waals surface area contributed by atoms with Crippen LogP contribution in [0.15, 0.2) is 30.5 Å². The minimum atomic E-state index is -1.00. The number of para-hydroxylation sites is 1. The van der Waals surface area contributed by atoms with Crippen LogP contribution < -0.4 is 33.2 Å². The smallest absolute Gasteiger partial charge is 0.243 e. The molecular formula is C25H39N7O4. The molecule has 0 saturated heterocycles. The average Bonchev–Trinajstić information content (AvgIpc) is 3.25. The van der Waals surface area contributed by atoms with Crippen molar-refractivity contribution in [3.8, 4) is 0 Å². The Morgan fingerprint density at radius 2 is 1.42 bits per heavy atom. The van der Waals surface area contributed by atoms with E-state index in [-0.39, 0.29) is 12.3 Å². The molecule has 10 N–H and O–H groups in total. The number of H-pyrrole nitrogens is 1. The number of aromatic amines is 1. The van der Waals surface area contributed by atoms with E-state index in [1.165, 1.54) is 6.92 Å². The van der Waals surface area contributed by atoms with Crippen LogP contribution in [0.2, 0.25) is 0 Å². The summed E-state index contributed by atoms with van der Waals surface area (Å²) in [5, 5.41) is 9.04. The van der Waals surface area contributed by atoms with Gasteiger partial charge in [0, 0.05) is 30.4 Å². The van der Waals surface area contributed by atoms with E-state index in [4.69, 9.17) is 17.2 Å². The predicted octanol–water partition coefficient (Wildman–Crippen LogP) is -0.0720. The third kappa shape index (κ3) is 8.97. The standard InChI is InChI=1S/C25H39N7O4/c1-16(33)30-21(11-5-7-13-27)24(35)32-22(14-17-15-29-19-9-3-2-8-18(17)19)25(36)31-20(23(28)34)10-4-6-12-26/h2-3,8-9,15,20-22,29H,4-7,10-14,26-27H2,1H3,(H2,28,34)(H,30,33)(H,31,36)(H,32,35)/t20-,21-,22-/m0/s1. The van der Waals surface area contributed by atoms with Crippen molar-refractivity contribution in [2.24, 2.45) is 17.2 Å². The van der Waals surface area contributed by atoms with E-state index in [0.717, 1.165) is 16.5 Å². The number of rotatable bonds is 16. The van der Waals surface area contributed by atoms with Crippen LogP contribution >= 0.6 is 0 Å². The van der Waals surface area contributed by atoms with E-state index in [1.807, 2.05) is 24.3 Å². The van der Waals surface area contributed by atoms with Crippen molar-refractivity contribution in [2.45, 2.75) is 70.0 Å². The Hall–Kier alpha value is -3.44. The van der Waals surface area contributed by atoms with Gasteiger partial charge in [-0.15, -0.1) is 0 Å². The fraction of sp³-hybridized carbons (Fsp3) is 0.520. The summed E-state index contributed by atoms with van der Waals surface area (Å²) in [6.07, 6.45) is 5.34. The van der Waals surface area contributed by atoms with Gasteiger partial charge >= 0.3 is 0 Å². The van der Waals surface area contributed by atoms with E-state index in [1.54, 1.807) is 6.20 Å². The van der Waals surface area contributed by atoms with E-state index < -0.39 is 35.8 Å². The molecule has 36 heavy (non-hydrogen) atoms. The Morgan fingerprint density at radius 3 is 2.03 bits per heavy atom. The molecule has 0 unspecified atom stereocenters. The average molecular weight is 502 g/mol. The molecule has 1 aromatic carbocycles. The highest BCUT2D eigenvalue weighted by molar-refractivity contribution is 5.94. The maximum atomic E-state index is 13.3. The van der Waals surface area contributed by atoms with Crippen molar-refractivity contribution < 1.29 is 19.2 Å². The van der Waals surface area contributed by atoms with Gasteiger partial charge in [-0.2, -0.15) is 0 Å². The van der Waals surface area contributed by atoms with Crippen LogP contribution in [0.25, 0.3) is 10.9 Å². The van der Waals surface area contributed by atoms with Gasteiger partial charge in [-0.25, -0.2) is 0 Å². The summed E-state index contributed by atoms with van der Waals surface area (Å²) in [5.41, 5.74) is 18.3. The highest BCUT2D eigenvalue weighted by Crippen LogP contribution is 2.19. The molecule has 1 aromatic heterocycles. The lowest BCUT2D eigenvalue weighted by molar-refractivity contribution is -0.133. The summed E-state index contributed by atoms with van der Waals surface area (Å²) < 4.78 is 0. The number of primary amides is 1. The Balaban J connectivity index is 2.25. The van der Waals surface area contributed by atoms with Crippen LogP contribution in [0, 0.1) is 0 Å². The normalized spacial score (nSPS) is 13.5. The number of carbonyl (C=O) groups excluding carboxylic acids is 4. The van der Waals surface area contributed by atoms with E-state index in [0.29, 0.717) is 51.6 Å². The van der Waals surface area contributed by atoms with Crippen LogP contribution in [-0.2, 0) is 25.6 Å². The first-order valence-corrected chi connectivity index (χ1v) is 12.4. The molecular weight excluding hydrogens is 462 g/mol. The molecule has 0 spiro atoms. The van der Waals surface area contributed by atoms with E-state index in [9.17, 15) is 19.2 Å². The zero-order chi connectivity index (χ0) is 26.5. The van der Waals surface area contributed by atoms with E-state index >= 15 is 0 Å². The SMILES string of the molecule is CC(=O)N[C@@H](CCCCN)C(=O)N[C@@H](Cc1c[nH]c2ccccc12)C(=O)N[C@@H](CCCCN)C(N)=O. The zero-order valence-corrected chi connectivity index (χ0v) is 20.8. The lowest BCUT2D eigenvalue weighted by Crippen LogP contribution is -2.56. The molecule has 0 aliphatic heterocycles. The second-order valence-corrected chi connectivity index (χ2v) is 8.91. The van der Waals surface area contributed by atoms with Gasteiger partial charge in [0.1, 0.15) is 18.1 Å². The molecule has 2 aromatic rings. The summed E-state index contributed by atoms with van der Waals surface area (Å²) in [6, 6.07) is 4.91. The molecule has 0 aliphatic carbocycles. The van der Waals surface area contributed by atoms with Crippen LogP contribution in [-0.4, -0.2) is 59.8 Å². The minimum Gasteiger partial charge on any atom is -0.368 e. The van der Waals surface area contributed by atoms with Crippen molar-refractivity contribution in [3.63, 3.8) is 0 Å². The number of fused-ring (bicyclic) bond motifs is 1. The Bertz CT molecular complexity index is 1020. The highest BCUT2D eigenvalue weighted by Gasteiger charge is 2.29. The van der Waals surface area contributed by atoms with Gasteiger partial charge in [-0.3, -0.25) is 19.2 Å². The molecule has 4 amide bonds. The number of hydrogen-bond acceptors (Lipinski definition) is 6. The molecule has 3 atom stereocenters. The van der Waals surface area contributed by atoms with Crippen LogP contribution in [0.5, 0.6) is 0 Å². The van der Waals surface area contributed by atoms with Gasteiger partial charge < -0.3 is 38.1 Å². The molecule has 0 radical (unpaired) electrons. The molecule has 11 nitrogen and oxygen atoms in total. The quantitative estimate of drug-likeness (QED) is 0.157. The Labute approximate surface area is 211 Å². The highest BCUT2D eigenvalue weighted by atomic mass is 16.2. The monoisotopic (exact) mass is 501 g/mol. The third-order valence-electron chi connectivity index (χ3n) is 5.98. The number of hydrogen-bond donors (Lipinski definition) is 7. The lowest BCUT2D eigenvalue weighted by Gasteiger charge is -2.24. The first-order valence-electron chi connectivity index (χ1n) is 12.4. The topological polar surface area (TPSA) is 198 Å². The second kappa shape index (κ2) is 14.8. The number of benzene rings is 1. The van der Waals surface area contributed by atoms with Crippen molar-refractivity contribution in [1.29, 1.82) is 0 Å². The van der Waals surface area contributed by atoms with Gasteiger partial charge in [0.05, 0.1) is 0 Å². The second-order valence-electron chi connectivity index (χ2n) is 8.91. The molecule has 11 heteroatoms. The number of nitrogens with two attached hydrogens (primary N) is 3. The molecule has 0 saturated carbocycles. The molecule has 198 valence electrons. The van der Waals surface area contributed by atoms with Crippen LogP contribution in [0.3, 0.4) is 0 Å². The fourth-order valence-electron chi connectivity index (χ4n) is 4.06. The van der Waals surface area contributed by atoms with Crippen molar-refractivity contribution in [1.82, 2.24) is 20.9 Å². The summed E-state index contributed by atoms with van der Waals surface area (Å²) in [6.45, 7) is 2.27. The first kappa shape index (κ1) is 28.8. The maximum Gasteiger partial charge on any atom is 0.243 e. The van der Waals surface area contributed by atoms with Crippen molar-refractivity contribution >= 4 is 34.5 Å². The van der Waals surface area contributed by atoms with Gasteiger partial charge in [0.2, 0.25) is 23.6 Å². The molecule has 2 rings (SSSR count). The summed E-state index contributed by atoms with van der Waals surface area (Å²) in [7, 11) is 0. The van der Waals surface area contributed by atoms with Crippen LogP contribution in [0.4, 0.5) is 0 Å². The first-order chi connectivity index (χ1) is 17.3. The fourth-order valence-corrected chi connectivity index (χ4v) is 4.06. The summed E-state index contributed by atoms with van der Waals surface area (Å²) >= 11 is 0. The third-order valence-corrected chi connectivity index (χ3v) is 5.98. The van der Waals surface area contributed by atoms with E-state index in [2.05, 4.69) is 20.9 Å². The number of amides is 4.